The quantitative estimate of drug-likeness (QED) is 0.660. The number of carbonyl (C=O) groups excluding carboxylic acids is 2. The minimum Gasteiger partial charge on any atom is -0.452 e. The van der Waals surface area contributed by atoms with E-state index in [0.29, 0.717) is 16.3 Å². The fourth-order valence-electron chi connectivity index (χ4n) is 2.66. The summed E-state index contributed by atoms with van der Waals surface area (Å²) in [7, 11) is -1.28. The van der Waals surface area contributed by atoms with E-state index in [2.05, 4.69) is 5.32 Å². The average molecular weight is 381 g/mol. The summed E-state index contributed by atoms with van der Waals surface area (Å²) in [5.74, 6) is -0.707. The monoisotopic (exact) mass is 381 g/mol. The third kappa shape index (κ3) is 4.60. The van der Waals surface area contributed by atoms with Crippen molar-refractivity contribution in [2.75, 3.05) is 17.7 Å². The molecule has 1 amide bonds. The van der Waals surface area contributed by atoms with Crippen LogP contribution < -0.4 is 5.32 Å². The van der Waals surface area contributed by atoms with Gasteiger partial charge in [0, 0.05) is 11.4 Å². The molecule has 138 valence electrons. The molecule has 0 bridgehead atoms. The lowest BCUT2D eigenvalue weighted by Gasteiger charge is -2.09. The number of carbonyl (C=O) groups is 2. The molecule has 0 spiro atoms. The summed E-state index contributed by atoms with van der Waals surface area (Å²) in [5.41, 5.74) is 0.846. The smallest absolute Gasteiger partial charge is 0.339 e. The number of ether oxygens (including phenoxy) is 1. The Kier molecular flexibility index (Phi) is 5.98. The van der Waals surface area contributed by atoms with Gasteiger partial charge in [-0.2, -0.15) is 0 Å². The van der Waals surface area contributed by atoms with Gasteiger partial charge in [0.1, 0.15) is 0 Å². The highest BCUT2D eigenvalue weighted by Crippen LogP contribution is 2.19. The molecule has 0 saturated heterocycles. The second-order valence-corrected chi connectivity index (χ2v) is 7.52. The van der Waals surface area contributed by atoms with E-state index < -0.39 is 29.3 Å². The molecule has 1 N–H and O–H groups in total. The Balaban J connectivity index is 1.63. The van der Waals surface area contributed by atoms with Gasteiger partial charge in [0.25, 0.3) is 5.91 Å². The van der Waals surface area contributed by atoms with Crippen molar-refractivity contribution in [3.05, 3.63) is 72.3 Å². The molecular weight excluding hydrogens is 362 g/mol. The molecule has 3 aromatic rings. The van der Waals surface area contributed by atoms with Crippen LogP contribution in [0.1, 0.15) is 17.3 Å². The first kappa shape index (κ1) is 18.8. The second-order valence-electron chi connectivity index (χ2n) is 5.82. The molecule has 0 aliphatic heterocycles. The molecule has 0 fully saturated rings. The lowest BCUT2D eigenvalue weighted by molar-refractivity contribution is -0.119. The SMILES string of the molecule is CC[S@@](=O)c1ccccc1C(=O)OCC(=O)Nc1ccc2ccccc2c1. The molecule has 0 radical (unpaired) electrons. The number of amides is 1. The highest BCUT2D eigenvalue weighted by Gasteiger charge is 2.17. The van der Waals surface area contributed by atoms with Crippen LogP contribution in [0.25, 0.3) is 10.8 Å². The van der Waals surface area contributed by atoms with Gasteiger partial charge in [-0.25, -0.2) is 4.79 Å². The maximum atomic E-state index is 12.3. The summed E-state index contributed by atoms with van der Waals surface area (Å²) in [6.07, 6.45) is 0. The lowest BCUT2D eigenvalue weighted by Crippen LogP contribution is -2.21. The lowest BCUT2D eigenvalue weighted by atomic mass is 10.1. The van der Waals surface area contributed by atoms with Gasteiger partial charge in [0.05, 0.1) is 21.3 Å². The van der Waals surface area contributed by atoms with Gasteiger partial charge in [0.2, 0.25) is 0 Å². The summed E-state index contributed by atoms with van der Waals surface area (Å²) in [6, 6.07) is 19.9. The third-order valence-corrected chi connectivity index (χ3v) is 5.35. The summed E-state index contributed by atoms with van der Waals surface area (Å²) in [4.78, 5) is 24.8. The molecule has 3 aromatic carbocycles. The second kappa shape index (κ2) is 8.60. The predicted octanol–water partition coefficient (Wildman–Crippen LogP) is 3.76. The van der Waals surface area contributed by atoms with Crippen molar-refractivity contribution in [3.63, 3.8) is 0 Å². The normalized spacial score (nSPS) is 11.7. The Morgan fingerprint density at radius 1 is 0.963 bits per heavy atom. The number of anilines is 1. The molecule has 0 aliphatic carbocycles. The summed E-state index contributed by atoms with van der Waals surface area (Å²) < 4.78 is 17.1. The third-order valence-electron chi connectivity index (χ3n) is 3.98. The molecule has 6 heteroatoms. The van der Waals surface area contributed by atoms with Crippen LogP contribution in [0.4, 0.5) is 5.69 Å². The van der Waals surface area contributed by atoms with Crippen LogP contribution in [0, 0.1) is 0 Å². The Morgan fingerprint density at radius 2 is 1.67 bits per heavy atom. The molecule has 0 heterocycles. The van der Waals surface area contributed by atoms with E-state index in [1.54, 1.807) is 37.3 Å². The van der Waals surface area contributed by atoms with Gasteiger partial charge in [-0.3, -0.25) is 9.00 Å². The van der Waals surface area contributed by atoms with Crippen molar-refractivity contribution in [2.24, 2.45) is 0 Å². The Morgan fingerprint density at radius 3 is 2.44 bits per heavy atom. The van der Waals surface area contributed by atoms with Gasteiger partial charge in [-0.1, -0.05) is 49.4 Å². The van der Waals surface area contributed by atoms with Crippen LogP contribution in [0.3, 0.4) is 0 Å². The minimum atomic E-state index is -1.28. The predicted molar refractivity (Wildman–Crippen MR) is 106 cm³/mol. The molecule has 0 aliphatic rings. The van der Waals surface area contributed by atoms with Crippen molar-refractivity contribution >= 4 is 39.1 Å². The zero-order valence-corrected chi connectivity index (χ0v) is 15.6. The van der Waals surface area contributed by atoms with E-state index in [-0.39, 0.29) is 5.56 Å². The van der Waals surface area contributed by atoms with Gasteiger partial charge in [-0.15, -0.1) is 0 Å². The van der Waals surface area contributed by atoms with Crippen molar-refractivity contribution in [1.29, 1.82) is 0 Å². The first-order chi connectivity index (χ1) is 13.1. The molecule has 5 nitrogen and oxygen atoms in total. The van der Waals surface area contributed by atoms with Crippen LogP contribution in [-0.2, 0) is 20.3 Å². The fraction of sp³-hybridized carbons (Fsp3) is 0.143. The largest absolute Gasteiger partial charge is 0.452 e. The van der Waals surface area contributed by atoms with Gasteiger partial charge >= 0.3 is 5.97 Å². The zero-order chi connectivity index (χ0) is 19.2. The number of fused-ring (bicyclic) bond motifs is 1. The summed E-state index contributed by atoms with van der Waals surface area (Å²) in [5, 5.41) is 4.79. The maximum Gasteiger partial charge on any atom is 0.339 e. The van der Waals surface area contributed by atoms with E-state index in [9.17, 15) is 13.8 Å². The number of hydrogen-bond donors (Lipinski definition) is 1. The molecule has 3 rings (SSSR count). The van der Waals surface area contributed by atoms with Crippen LogP contribution in [0.5, 0.6) is 0 Å². The summed E-state index contributed by atoms with van der Waals surface area (Å²) in [6.45, 7) is 1.36. The van der Waals surface area contributed by atoms with Gasteiger partial charge in [-0.05, 0) is 35.0 Å². The maximum absolute atomic E-state index is 12.3. The molecule has 0 unspecified atom stereocenters. The van der Waals surface area contributed by atoms with E-state index in [0.717, 1.165) is 10.8 Å². The Hall–Kier alpha value is -2.99. The highest BCUT2D eigenvalue weighted by atomic mass is 32.2. The van der Waals surface area contributed by atoms with E-state index >= 15 is 0 Å². The Labute approximate surface area is 159 Å². The number of esters is 1. The fourth-order valence-corrected chi connectivity index (χ4v) is 3.60. The standard InChI is InChI=1S/C21H19NO4S/c1-2-27(25)19-10-6-5-9-18(19)21(24)26-14-20(23)22-17-12-11-15-7-3-4-8-16(15)13-17/h3-13H,2,14H2,1H3,(H,22,23)/t27-/m1/s1. The van der Waals surface area contributed by atoms with Crippen molar-refractivity contribution in [3.8, 4) is 0 Å². The number of hydrogen-bond acceptors (Lipinski definition) is 4. The molecule has 27 heavy (non-hydrogen) atoms. The molecule has 0 aromatic heterocycles. The topological polar surface area (TPSA) is 72.5 Å². The van der Waals surface area contributed by atoms with E-state index in [4.69, 9.17) is 4.74 Å². The van der Waals surface area contributed by atoms with Crippen LogP contribution in [-0.4, -0.2) is 28.4 Å². The van der Waals surface area contributed by atoms with Crippen LogP contribution in [0.15, 0.2) is 71.6 Å². The molecular formula is C21H19NO4S. The first-order valence-corrected chi connectivity index (χ1v) is 9.83. The highest BCUT2D eigenvalue weighted by molar-refractivity contribution is 7.85. The van der Waals surface area contributed by atoms with Gasteiger partial charge in [0.15, 0.2) is 6.61 Å². The minimum absolute atomic E-state index is 0.219. The number of rotatable bonds is 6. The first-order valence-electron chi connectivity index (χ1n) is 8.51. The number of benzene rings is 3. The average Bonchev–Trinajstić information content (AvgIpc) is 2.71. The van der Waals surface area contributed by atoms with E-state index in [1.165, 1.54) is 0 Å². The van der Waals surface area contributed by atoms with Crippen LogP contribution >= 0.6 is 0 Å². The van der Waals surface area contributed by atoms with Crippen molar-refractivity contribution in [2.45, 2.75) is 11.8 Å². The van der Waals surface area contributed by atoms with Gasteiger partial charge < -0.3 is 10.1 Å². The zero-order valence-electron chi connectivity index (χ0n) is 14.8. The Bertz CT molecular complexity index is 1020. The summed E-state index contributed by atoms with van der Waals surface area (Å²) >= 11 is 0. The van der Waals surface area contributed by atoms with Crippen LogP contribution in [0.2, 0.25) is 0 Å². The number of nitrogens with one attached hydrogen (secondary N) is 1. The van der Waals surface area contributed by atoms with Crippen molar-refractivity contribution < 1.29 is 18.5 Å². The van der Waals surface area contributed by atoms with Crippen molar-refractivity contribution in [1.82, 2.24) is 0 Å². The molecule has 0 saturated carbocycles. The van der Waals surface area contributed by atoms with E-state index in [1.807, 2.05) is 36.4 Å². The molecule has 1 atom stereocenters.